The number of nitrogens with two attached hydrogens (primary N) is 4. The second-order valence-electron chi connectivity index (χ2n) is 14.2. The third-order valence-corrected chi connectivity index (χ3v) is 10.2. The summed E-state index contributed by atoms with van der Waals surface area (Å²) in [5.74, 6) is -3.05. The van der Waals surface area contributed by atoms with Crippen molar-refractivity contribution < 1.29 is 24.0 Å². The normalized spacial score (nSPS) is 18.6. The Hall–Kier alpha value is -4.89. The Morgan fingerprint density at radius 3 is 2.42 bits per heavy atom. The molecule has 0 fully saturated rings. The number of benzene rings is 1. The molecular weight excluding hydrogens is 683 g/mol. The number of primary amides is 1. The van der Waals surface area contributed by atoms with Gasteiger partial charge in [-0.3, -0.25) is 29.0 Å². The van der Waals surface area contributed by atoms with Crippen LogP contribution >= 0.6 is 11.3 Å². The molecule has 1 aliphatic heterocycles. The maximum atomic E-state index is 14.0. The molecule has 4 rings (SSSR count). The van der Waals surface area contributed by atoms with Crippen molar-refractivity contribution in [2.75, 3.05) is 6.54 Å². The monoisotopic (exact) mass is 733 g/mol. The molecule has 2 unspecified atom stereocenters. The lowest BCUT2D eigenvalue weighted by molar-refractivity contribution is -0.129. The van der Waals surface area contributed by atoms with Crippen molar-refractivity contribution in [3.05, 3.63) is 64.8 Å². The predicted molar refractivity (Wildman–Crippen MR) is 203 cm³/mol. The van der Waals surface area contributed by atoms with Gasteiger partial charge in [0.05, 0.1) is 28.3 Å². The number of aromatic nitrogens is 1. The molecule has 6 atom stereocenters. The van der Waals surface area contributed by atoms with Crippen LogP contribution in [0, 0.1) is 23.7 Å². The third-order valence-electron chi connectivity index (χ3n) is 9.17. The second-order valence-corrected chi connectivity index (χ2v) is 15.2. The molecule has 15 heteroatoms. The van der Waals surface area contributed by atoms with Gasteiger partial charge < -0.3 is 38.9 Å². The van der Waals surface area contributed by atoms with E-state index in [2.05, 4.69) is 38.1 Å². The number of rotatable bonds is 19. The molecule has 0 bridgehead atoms. The van der Waals surface area contributed by atoms with Gasteiger partial charge in [-0.15, -0.1) is 11.3 Å². The number of guanidine groups is 1. The Morgan fingerprint density at radius 1 is 1.02 bits per heavy atom. The van der Waals surface area contributed by atoms with E-state index >= 15 is 0 Å². The summed E-state index contributed by atoms with van der Waals surface area (Å²) in [4.78, 5) is 74.7. The minimum Gasteiger partial charge on any atom is -0.384 e. The van der Waals surface area contributed by atoms with Gasteiger partial charge in [0.15, 0.2) is 22.5 Å². The van der Waals surface area contributed by atoms with Crippen molar-refractivity contribution in [1.82, 2.24) is 20.9 Å². The molecule has 0 saturated heterocycles. The molecule has 0 spiro atoms. The topological polar surface area (TPSA) is 251 Å². The number of fused-ring (bicyclic) bond motifs is 2. The predicted octanol–water partition coefficient (Wildman–Crippen LogP) is 2.19. The lowest BCUT2D eigenvalue weighted by Gasteiger charge is -2.24. The zero-order valence-corrected chi connectivity index (χ0v) is 31.0. The molecule has 0 saturated carbocycles. The summed E-state index contributed by atoms with van der Waals surface area (Å²) >= 11 is 1.11. The van der Waals surface area contributed by atoms with Gasteiger partial charge in [-0.2, -0.15) is 0 Å². The highest BCUT2D eigenvalue weighted by Gasteiger charge is 2.33. The number of aliphatic imine (C=N–C) groups is 1. The van der Waals surface area contributed by atoms with Crippen LogP contribution in [0.15, 0.2) is 59.3 Å². The lowest BCUT2D eigenvalue weighted by Crippen LogP contribution is -2.49. The summed E-state index contributed by atoms with van der Waals surface area (Å²) in [6.45, 7) is 7.73. The van der Waals surface area contributed by atoms with Crippen LogP contribution in [-0.2, 0) is 14.4 Å². The number of Topliss-reactive ketones (excluding diaryl/α,β-unsaturated/α-hetero) is 2. The number of hydrogen-bond donors (Lipinski definition) is 7. The number of carbonyl (C=O) groups is 5. The SMILES string of the molecule is CC(C)C[C@H](NC(=O)[C@@H](N)CC1=CNC2C=CC=CC12)C(=O)C[C@@H](CCCN=C(N)N)C(=O)c1nc2ccc(C(=O)N[C@H](C(N)=O)C(C)C)cc2s1. The highest BCUT2D eigenvalue weighted by molar-refractivity contribution is 7.20. The van der Waals surface area contributed by atoms with Crippen LogP contribution in [0.4, 0.5) is 0 Å². The molecule has 2 aliphatic rings. The molecule has 2 aromatic rings. The van der Waals surface area contributed by atoms with Gasteiger partial charge in [-0.1, -0.05) is 52.0 Å². The van der Waals surface area contributed by atoms with E-state index in [1.807, 2.05) is 32.2 Å². The molecule has 2 heterocycles. The van der Waals surface area contributed by atoms with Crippen LogP contribution in [0.25, 0.3) is 10.2 Å². The number of ketones is 2. The fraction of sp³-hybridized carbons (Fsp3) is 0.486. The Balaban J connectivity index is 1.50. The molecule has 280 valence electrons. The largest absolute Gasteiger partial charge is 0.384 e. The Kier molecular flexibility index (Phi) is 13.8. The summed E-state index contributed by atoms with van der Waals surface area (Å²) in [6.07, 6.45) is 11.3. The fourth-order valence-electron chi connectivity index (χ4n) is 6.38. The third kappa shape index (κ3) is 10.6. The zero-order chi connectivity index (χ0) is 38.1. The van der Waals surface area contributed by atoms with E-state index in [4.69, 9.17) is 22.9 Å². The van der Waals surface area contributed by atoms with Crippen molar-refractivity contribution in [3.63, 3.8) is 0 Å². The van der Waals surface area contributed by atoms with Gasteiger partial charge in [-0.05, 0) is 67.5 Å². The first-order valence-electron chi connectivity index (χ1n) is 17.6. The van der Waals surface area contributed by atoms with Crippen molar-refractivity contribution >= 4 is 56.8 Å². The smallest absolute Gasteiger partial charge is 0.251 e. The molecule has 0 radical (unpaired) electrons. The zero-order valence-electron chi connectivity index (χ0n) is 30.1. The van der Waals surface area contributed by atoms with E-state index in [0.717, 1.165) is 16.9 Å². The number of amides is 3. The number of nitrogens with zero attached hydrogens (tertiary/aromatic N) is 2. The van der Waals surface area contributed by atoms with Crippen LogP contribution in [0.5, 0.6) is 0 Å². The maximum absolute atomic E-state index is 14.0. The summed E-state index contributed by atoms with van der Waals surface area (Å²) in [6, 6.07) is 2.36. The van der Waals surface area contributed by atoms with Gasteiger partial charge in [0.2, 0.25) is 11.8 Å². The van der Waals surface area contributed by atoms with Crippen molar-refractivity contribution in [2.45, 2.75) is 84.0 Å². The first-order chi connectivity index (χ1) is 24.6. The standard InChI is InChI=1S/C37H51N9O5S/c1-19(2)14-28(44-35(51)25(38)15-23-18-43-26-10-6-5-9-24(23)26)29(47)16-21(8-7-13-42-37(40)41)32(48)36-45-27-12-11-22(17-30(27)52-36)34(50)46-31(20(3)4)33(39)49/h5-6,9-12,17-21,24-26,28,31,43H,7-8,13-16,38H2,1-4H3,(H2,39,49)(H,44,51)(H,46,50)(H4,40,41,42)/t21-,24?,25+,26?,28+,31+/m1/s1. The highest BCUT2D eigenvalue weighted by Crippen LogP contribution is 2.30. The van der Waals surface area contributed by atoms with Crippen LogP contribution < -0.4 is 38.9 Å². The van der Waals surface area contributed by atoms with Crippen LogP contribution in [0.2, 0.25) is 0 Å². The quantitative estimate of drug-likeness (QED) is 0.0480. The Labute approximate surface area is 308 Å². The van der Waals surface area contributed by atoms with Crippen LogP contribution in [0.1, 0.15) is 80.0 Å². The number of thiazole rings is 1. The van der Waals surface area contributed by atoms with Crippen molar-refractivity contribution in [1.29, 1.82) is 0 Å². The van der Waals surface area contributed by atoms with Crippen LogP contribution in [0.3, 0.4) is 0 Å². The number of nitrogens with one attached hydrogen (secondary N) is 3. The van der Waals surface area contributed by atoms with E-state index < -0.39 is 41.8 Å². The number of hydrogen-bond acceptors (Lipinski definition) is 10. The Morgan fingerprint density at radius 2 is 1.75 bits per heavy atom. The minimum atomic E-state index is -0.868. The average molecular weight is 734 g/mol. The summed E-state index contributed by atoms with van der Waals surface area (Å²) in [7, 11) is 0. The lowest BCUT2D eigenvalue weighted by atomic mass is 9.87. The van der Waals surface area contributed by atoms with Crippen LogP contribution in [-0.4, -0.2) is 70.9 Å². The fourth-order valence-corrected chi connectivity index (χ4v) is 7.40. The Bertz CT molecular complexity index is 1780. The van der Waals surface area contributed by atoms with Gasteiger partial charge in [-0.25, -0.2) is 4.98 Å². The van der Waals surface area contributed by atoms with E-state index in [0.29, 0.717) is 35.9 Å². The van der Waals surface area contributed by atoms with Gasteiger partial charge in [0, 0.05) is 30.4 Å². The summed E-state index contributed by atoms with van der Waals surface area (Å²) in [5, 5.41) is 9.04. The van der Waals surface area contributed by atoms with Gasteiger partial charge in [0.1, 0.15) is 6.04 Å². The van der Waals surface area contributed by atoms with Gasteiger partial charge in [0.25, 0.3) is 5.91 Å². The van der Waals surface area contributed by atoms with Crippen molar-refractivity contribution in [2.24, 2.45) is 51.6 Å². The van der Waals surface area contributed by atoms with E-state index in [-0.39, 0.29) is 64.9 Å². The molecule has 1 aromatic carbocycles. The first kappa shape index (κ1) is 39.9. The molecule has 1 aliphatic carbocycles. The van der Waals surface area contributed by atoms with E-state index in [9.17, 15) is 24.0 Å². The molecule has 11 N–H and O–H groups in total. The van der Waals surface area contributed by atoms with E-state index in [1.165, 1.54) is 0 Å². The number of carbonyl (C=O) groups excluding carboxylic acids is 5. The second kappa shape index (κ2) is 18.0. The minimum absolute atomic E-state index is 0.0672. The number of allylic oxidation sites excluding steroid dienone is 2. The summed E-state index contributed by atoms with van der Waals surface area (Å²) in [5.41, 5.74) is 24.6. The summed E-state index contributed by atoms with van der Waals surface area (Å²) < 4.78 is 0.583. The molecule has 14 nitrogen and oxygen atoms in total. The maximum Gasteiger partial charge on any atom is 0.251 e. The van der Waals surface area contributed by atoms with Crippen molar-refractivity contribution in [3.8, 4) is 0 Å². The average Bonchev–Trinajstić information content (AvgIpc) is 3.71. The first-order valence-corrected chi connectivity index (χ1v) is 18.4. The molecule has 1 aromatic heterocycles. The molecule has 52 heavy (non-hydrogen) atoms. The highest BCUT2D eigenvalue weighted by atomic mass is 32.1. The van der Waals surface area contributed by atoms with Gasteiger partial charge >= 0.3 is 0 Å². The molecule has 3 amide bonds. The molecular formula is C37H51N9O5S. The van der Waals surface area contributed by atoms with E-state index in [1.54, 1.807) is 32.0 Å².